The summed E-state index contributed by atoms with van der Waals surface area (Å²) in [5, 5.41) is 7.20. The summed E-state index contributed by atoms with van der Waals surface area (Å²) in [6.45, 7) is 5.35. The van der Waals surface area contributed by atoms with Crippen molar-refractivity contribution in [3.05, 3.63) is 55.7 Å². The molecule has 108 valence electrons. The van der Waals surface area contributed by atoms with Crippen LogP contribution in [0.3, 0.4) is 0 Å². The highest BCUT2D eigenvalue weighted by atomic mass is 35.5. The van der Waals surface area contributed by atoms with Crippen LogP contribution in [0.4, 0.5) is 0 Å². The van der Waals surface area contributed by atoms with E-state index in [-0.39, 0.29) is 0 Å². The summed E-state index contributed by atoms with van der Waals surface area (Å²) in [6.07, 6.45) is 2.01. The number of hydrogen-bond acceptors (Lipinski definition) is 2. The smallest absolute Gasteiger partial charge is 0.0458 e. The Kier molecular flexibility index (Phi) is 5.91. The number of rotatable bonds is 6. The van der Waals surface area contributed by atoms with Gasteiger partial charge in [0.05, 0.1) is 0 Å². The summed E-state index contributed by atoms with van der Waals surface area (Å²) in [4.78, 5) is 1.39. The quantitative estimate of drug-likeness (QED) is 0.723. The fraction of sp³-hybridized carbons (Fsp3) is 0.375. The first-order valence-corrected chi connectivity index (χ1v) is 8.46. The lowest BCUT2D eigenvalue weighted by atomic mass is 10.0. The van der Waals surface area contributed by atoms with Crippen LogP contribution in [0.15, 0.2) is 29.6 Å². The average molecular weight is 328 g/mol. The Hall–Kier alpha value is -0.540. The third-order valence-electron chi connectivity index (χ3n) is 3.30. The van der Waals surface area contributed by atoms with E-state index in [1.807, 2.05) is 18.2 Å². The van der Waals surface area contributed by atoms with Gasteiger partial charge in [0.15, 0.2) is 0 Å². The zero-order valence-corrected chi connectivity index (χ0v) is 14.1. The number of hydrogen-bond donors (Lipinski definition) is 1. The van der Waals surface area contributed by atoms with E-state index in [2.05, 4.69) is 30.6 Å². The number of nitrogens with one attached hydrogen (secondary N) is 1. The van der Waals surface area contributed by atoms with Gasteiger partial charge in [0.2, 0.25) is 0 Å². The Morgan fingerprint density at radius 3 is 2.65 bits per heavy atom. The third kappa shape index (κ3) is 3.98. The molecule has 0 aliphatic rings. The van der Waals surface area contributed by atoms with Crippen LogP contribution >= 0.6 is 34.5 Å². The van der Waals surface area contributed by atoms with Gasteiger partial charge in [-0.25, -0.2) is 0 Å². The SMILES string of the molecule is CCCNC(Cc1ccc(Cl)cc1Cl)c1sccc1C. The van der Waals surface area contributed by atoms with Crippen molar-refractivity contribution < 1.29 is 0 Å². The highest BCUT2D eigenvalue weighted by Crippen LogP contribution is 2.30. The van der Waals surface area contributed by atoms with Crippen LogP contribution < -0.4 is 5.32 Å². The molecule has 0 radical (unpaired) electrons. The lowest BCUT2D eigenvalue weighted by Gasteiger charge is -2.19. The minimum Gasteiger partial charge on any atom is -0.309 e. The summed E-state index contributed by atoms with van der Waals surface area (Å²) < 4.78 is 0. The molecule has 1 unspecified atom stereocenters. The van der Waals surface area contributed by atoms with E-state index in [0.717, 1.165) is 30.0 Å². The van der Waals surface area contributed by atoms with E-state index in [0.29, 0.717) is 11.1 Å². The van der Waals surface area contributed by atoms with Gasteiger partial charge in [0.1, 0.15) is 0 Å². The second kappa shape index (κ2) is 7.46. The molecule has 0 bridgehead atoms. The molecule has 0 spiro atoms. The Morgan fingerprint density at radius 1 is 1.25 bits per heavy atom. The molecule has 0 fully saturated rings. The fourth-order valence-corrected chi connectivity index (χ4v) is 3.71. The first kappa shape index (κ1) is 15.8. The molecule has 1 nitrogen and oxygen atoms in total. The Balaban J connectivity index is 2.21. The molecule has 20 heavy (non-hydrogen) atoms. The second-order valence-electron chi connectivity index (χ2n) is 4.91. The predicted octanol–water partition coefficient (Wildman–Crippen LogP) is 5.65. The van der Waals surface area contributed by atoms with Crippen LogP contribution in [-0.4, -0.2) is 6.54 Å². The molecule has 1 N–H and O–H groups in total. The van der Waals surface area contributed by atoms with E-state index in [1.165, 1.54) is 10.4 Å². The minimum atomic E-state index is 0.314. The van der Waals surface area contributed by atoms with Crippen molar-refractivity contribution in [2.24, 2.45) is 0 Å². The standard InChI is InChI=1S/C16H19Cl2NS/c1-3-7-19-15(16-11(2)6-8-20-16)9-12-4-5-13(17)10-14(12)18/h4-6,8,10,15,19H,3,7,9H2,1-2H3. The average Bonchev–Trinajstić information content (AvgIpc) is 2.83. The minimum absolute atomic E-state index is 0.314. The maximum absolute atomic E-state index is 6.30. The van der Waals surface area contributed by atoms with E-state index >= 15 is 0 Å². The van der Waals surface area contributed by atoms with Crippen molar-refractivity contribution >= 4 is 34.5 Å². The van der Waals surface area contributed by atoms with Gasteiger partial charge < -0.3 is 5.32 Å². The maximum Gasteiger partial charge on any atom is 0.0458 e. The molecular weight excluding hydrogens is 309 g/mol. The summed E-state index contributed by atoms with van der Waals surface area (Å²) >= 11 is 14.1. The van der Waals surface area contributed by atoms with Crippen LogP contribution in [0, 0.1) is 6.92 Å². The van der Waals surface area contributed by atoms with Gasteiger partial charge >= 0.3 is 0 Å². The first-order valence-electron chi connectivity index (χ1n) is 6.83. The molecule has 0 amide bonds. The summed E-state index contributed by atoms with van der Waals surface area (Å²) in [6, 6.07) is 8.23. The van der Waals surface area contributed by atoms with Crippen molar-refractivity contribution in [1.29, 1.82) is 0 Å². The lowest BCUT2D eigenvalue weighted by Crippen LogP contribution is -2.24. The van der Waals surface area contributed by atoms with E-state index in [1.54, 1.807) is 11.3 Å². The van der Waals surface area contributed by atoms with Gasteiger partial charge in [-0.3, -0.25) is 0 Å². The largest absolute Gasteiger partial charge is 0.309 e. The molecule has 2 rings (SSSR count). The van der Waals surface area contributed by atoms with Crippen LogP contribution in [0.2, 0.25) is 10.0 Å². The summed E-state index contributed by atoms with van der Waals surface area (Å²) in [7, 11) is 0. The van der Waals surface area contributed by atoms with Crippen LogP contribution in [-0.2, 0) is 6.42 Å². The number of benzene rings is 1. The van der Waals surface area contributed by atoms with Gasteiger partial charge in [0, 0.05) is 21.0 Å². The molecule has 0 saturated heterocycles. The van der Waals surface area contributed by atoms with E-state index < -0.39 is 0 Å². The molecule has 0 aliphatic heterocycles. The first-order chi connectivity index (χ1) is 9.61. The van der Waals surface area contributed by atoms with Gasteiger partial charge in [-0.1, -0.05) is 36.2 Å². The van der Waals surface area contributed by atoms with Crippen molar-refractivity contribution in [3.63, 3.8) is 0 Å². The Morgan fingerprint density at radius 2 is 2.05 bits per heavy atom. The Labute approximate surface area is 134 Å². The predicted molar refractivity (Wildman–Crippen MR) is 90.3 cm³/mol. The third-order valence-corrected chi connectivity index (χ3v) is 5.02. The number of halogens is 2. The molecule has 0 saturated carbocycles. The molecular formula is C16H19Cl2NS. The van der Waals surface area contributed by atoms with Gasteiger partial charge in [-0.2, -0.15) is 0 Å². The summed E-state index contributed by atoms with van der Waals surface area (Å²) in [5.74, 6) is 0. The molecule has 1 heterocycles. The highest BCUT2D eigenvalue weighted by molar-refractivity contribution is 7.10. The molecule has 4 heteroatoms. The van der Waals surface area contributed by atoms with Gasteiger partial charge in [-0.15, -0.1) is 11.3 Å². The van der Waals surface area contributed by atoms with Gasteiger partial charge in [0.25, 0.3) is 0 Å². The molecule has 2 aromatic rings. The molecule has 1 atom stereocenters. The van der Waals surface area contributed by atoms with Crippen LogP contribution in [0.5, 0.6) is 0 Å². The second-order valence-corrected chi connectivity index (χ2v) is 6.71. The van der Waals surface area contributed by atoms with Crippen molar-refractivity contribution in [1.82, 2.24) is 5.32 Å². The van der Waals surface area contributed by atoms with Gasteiger partial charge in [-0.05, 0) is 61.0 Å². The lowest BCUT2D eigenvalue weighted by molar-refractivity contribution is 0.535. The normalized spacial score (nSPS) is 12.6. The molecule has 1 aromatic heterocycles. The molecule has 0 aliphatic carbocycles. The topological polar surface area (TPSA) is 12.0 Å². The Bertz CT molecular complexity index is 565. The molecule has 1 aromatic carbocycles. The van der Waals surface area contributed by atoms with Crippen LogP contribution in [0.25, 0.3) is 0 Å². The fourth-order valence-electron chi connectivity index (χ4n) is 2.22. The van der Waals surface area contributed by atoms with Crippen molar-refractivity contribution in [2.75, 3.05) is 6.54 Å². The van der Waals surface area contributed by atoms with Crippen molar-refractivity contribution in [3.8, 4) is 0 Å². The number of aryl methyl sites for hydroxylation is 1. The van der Waals surface area contributed by atoms with E-state index in [4.69, 9.17) is 23.2 Å². The van der Waals surface area contributed by atoms with Crippen molar-refractivity contribution in [2.45, 2.75) is 32.7 Å². The van der Waals surface area contributed by atoms with E-state index in [9.17, 15) is 0 Å². The monoisotopic (exact) mass is 327 g/mol. The highest BCUT2D eigenvalue weighted by Gasteiger charge is 2.16. The zero-order valence-electron chi connectivity index (χ0n) is 11.7. The number of thiophene rings is 1. The maximum atomic E-state index is 6.30. The van der Waals surface area contributed by atoms with Crippen LogP contribution in [0.1, 0.15) is 35.4 Å². The zero-order chi connectivity index (χ0) is 14.5. The summed E-state index contributed by atoms with van der Waals surface area (Å²) in [5.41, 5.74) is 2.48.